The van der Waals surface area contributed by atoms with Crippen molar-refractivity contribution < 1.29 is 24.2 Å². The molecule has 112 valence electrons. The Hall–Kier alpha value is -1.86. The number of nitrogens with zero attached hydrogens (tertiary/aromatic N) is 2. The fourth-order valence-corrected chi connectivity index (χ4v) is 1.77. The summed E-state index contributed by atoms with van der Waals surface area (Å²) in [7, 11) is 3.12. The molecule has 20 heavy (non-hydrogen) atoms. The minimum Gasteiger partial charge on any atom is -0.480 e. The fourth-order valence-electron chi connectivity index (χ4n) is 1.77. The smallest absolute Gasteiger partial charge is 0.323 e. The van der Waals surface area contributed by atoms with Crippen LogP contribution in [0.25, 0.3) is 0 Å². The van der Waals surface area contributed by atoms with E-state index in [2.05, 4.69) is 0 Å². The first kappa shape index (κ1) is 16.2. The van der Waals surface area contributed by atoms with Gasteiger partial charge in [-0.25, -0.2) is 0 Å². The van der Waals surface area contributed by atoms with Crippen molar-refractivity contribution in [3.05, 3.63) is 24.0 Å². The van der Waals surface area contributed by atoms with Gasteiger partial charge < -0.3 is 24.0 Å². The van der Waals surface area contributed by atoms with Gasteiger partial charge in [-0.2, -0.15) is 0 Å². The summed E-state index contributed by atoms with van der Waals surface area (Å²) in [5, 5.41) is 8.83. The van der Waals surface area contributed by atoms with Crippen molar-refractivity contribution in [2.24, 2.45) is 0 Å². The first-order chi connectivity index (χ1) is 9.60. The highest BCUT2D eigenvalue weighted by Gasteiger charge is 2.19. The minimum absolute atomic E-state index is 0.231. The van der Waals surface area contributed by atoms with Crippen LogP contribution >= 0.6 is 0 Å². The Labute approximate surface area is 117 Å². The van der Waals surface area contributed by atoms with Crippen LogP contribution in [0.5, 0.6) is 0 Å². The van der Waals surface area contributed by atoms with E-state index in [-0.39, 0.29) is 12.5 Å². The number of carboxylic acid groups (broad SMARTS) is 1. The summed E-state index contributed by atoms with van der Waals surface area (Å²) in [6.07, 6.45) is 1.58. The molecule has 1 aromatic rings. The van der Waals surface area contributed by atoms with E-state index in [0.717, 1.165) is 0 Å². The zero-order chi connectivity index (χ0) is 15.0. The van der Waals surface area contributed by atoms with E-state index in [4.69, 9.17) is 14.6 Å². The van der Waals surface area contributed by atoms with Gasteiger partial charge in [-0.05, 0) is 12.1 Å². The van der Waals surface area contributed by atoms with Crippen molar-refractivity contribution in [3.8, 4) is 0 Å². The van der Waals surface area contributed by atoms with Crippen LogP contribution in [0.2, 0.25) is 0 Å². The molecule has 0 aromatic carbocycles. The predicted octanol–water partition coefficient (Wildman–Crippen LogP) is 0.308. The van der Waals surface area contributed by atoms with Crippen LogP contribution in [0.4, 0.5) is 0 Å². The van der Waals surface area contributed by atoms with Crippen LogP contribution in [-0.2, 0) is 20.8 Å². The van der Waals surface area contributed by atoms with Gasteiger partial charge in [-0.1, -0.05) is 0 Å². The lowest BCUT2D eigenvalue weighted by Crippen LogP contribution is -2.37. The third-order valence-corrected chi connectivity index (χ3v) is 2.77. The van der Waals surface area contributed by atoms with Crippen LogP contribution in [0.3, 0.4) is 0 Å². The number of methoxy groups -OCH3 is 2. The van der Waals surface area contributed by atoms with Crippen molar-refractivity contribution in [1.82, 2.24) is 9.47 Å². The number of ether oxygens (including phenoxy) is 2. The number of hydrogen-bond donors (Lipinski definition) is 1. The monoisotopic (exact) mass is 284 g/mol. The molecule has 1 rings (SSSR count). The van der Waals surface area contributed by atoms with Gasteiger partial charge in [0.1, 0.15) is 12.2 Å². The molecule has 0 aliphatic carbocycles. The van der Waals surface area contributed by atoms with Gasteiger partial charge in [0.15, 0.2) is 0 Å². The number of aliphatic carboxylic acids is 1. The Kier molecular flexibility index (Phi) is 6.75. The predicted molar refractivity (Wildman–Crippen MR) is 71.7 cm³/mol. The molecule has 0 saturated heterocycles. The lowest BCUT2D eigenvalue weighted by Gasteiger charge is -2.22. The maximum Gasteiger partial charge on any atom is 0.323 e. The molecule has 0 fully saturated rings. The highest BCUT2D eigenvalue weighted by atomic mass is 16.5. The summed E-state index contributed by atoms with van der Waals surface area (Å²) in [5.41, 5.74) is 0.347. The zero-order valence-electron chi connectivity index (χ0n) is 11.7. The standard InChI is InChI=1S/C13H20N2O5/c1-19-8-6-14(7-9-20-2)13(18)11-4-3-5-15(11)10-12(16)17/h3-5H,6-10H2,1-2H3,(H,16,17). The summed E-state index contributed by atoms with van der Waals surface area (Å²) < 4.78 is 11.4. The second kappa shape index (κ2) is 8.34. The summed E-state index contributed by atoms with van der Waals surface area (Å²) in [5.74, 6) is -1.22. The third-order valence-electron chi connectivity index (χ3n) is 2.77. The van der Waals surface area contributed by atoms with Crippen LogP contribution in [0, 0.1) is 0 Å². The van der Waals surface area contributed by atoms with Crippen molar-refractivity contribution in [3.63, 3.8) is 0 Å². The Morgan fingerprint density at radius 3 is 2.35 bits per heavy atom. The summed E-state index contributed by atoms with van der Waals surface area (Å²) >= 11 is 0. The molecule has 7 heteroatoms. The molecule has 1 heterocycles. The van der Waals surface area contributed by atoms with E-state index in [1.54, 1.807) is 37.4 Å². The Balaban J connectivity index is 2.81. The third kappa shape index (κ3) is 4.67. The first-order valence-corrected chi connectivity index (χ1v) is 6.24. The van der Waals surface area contributed by atoms with Crippen LogP contribution < -0.4 is 0 Å². The number of carbonyl (C=O) groups is 2. The lowest BCUT2D eigenvalue weighted by atomic mass is 10.3. The SMILES string of the molecule is COCCN(CCOC)C(=O)c1cccn1CC(=O)O. The van der Waals surface area contributed by atoms with E-state index in [1.165, 1.54) is 4.57 Å². The minimum atomic E-state index is -0.990. The molecular weight excluding hydrogens is 264 g/mol. The second-order valence-corrected chi connectivity index (χ2v) is 4.19. The van der Waals surface area contributed by atoms with Crippen molar-refractivity contribution >= 4 is 11.9 Å². The van der Waals surface area contributed by atoms with Crippen LogP contribution in [-0.4, -0.2) is 67.0 Å². The van der Waals surface area contributed by atoms with Gasteiger partial charge in [-0.15, -0.1) is 0 Å². The van der Waals surface area contributed by atoms with Gasteiger partial charge in [0.05, 0.1) is 13.2 Å². The number of amides is 1. The summed E-state index contributed by atoms with van der Waals surface area (Å²) in [4.78, 5) is 24.8. The molecule has 0 spiro atoms. The second-order valence-electron chi connectivity index (χ2n) is 4.19. The van der Waals surface area contributed by atoms with Gasteiger partial charge in [0.2, 0.25) is 0 Å². The number of aromatic nitrogens is 1. The Bertz CT molecular complexity index is 436. The van der Waals surface area contributed by atoms with Crippen molar-refractivity contribution in [2.45, 2.75) is 6.54 Å². The molecular formula is C13H20N2O5. The number of hydrogen-bond acceptors (Lipinski definition) is 4. The topological polar surface area (TPSA) is 81.0 Å². The van der Waals surface area contributed by atoms with Crippen LogP contribution in [0.15, 0.2) is 18.3 Å². The van der Waals surface area contributed by atoms with E-state index in [9.17, 15) is 9.59 Å². The highest BCUT2D eigenvalue weighted by molar-refractivity contribution is 5.93. The number of carbonyl (C=O) groups excluding carboxylic acids is 1. The Morgan fingerprint density at radius 2 is 1.85 bits per heavy atom. The average Bonchev–Trinajstić information content (AvgIpc) is 2.85. The molecule has 1 aromatic heterocycles. The quantitative estimate of drug-likeness (QED) is 0.705. The van der Waals surface area contributed by atoms with E-state index in [0.29, 0.717) is 32.0 Å². The van der Waals surface area contributed by atoms with Gasteiger partial charge >= 0.3 is 5.97 Å². The molecule has 0 bridgehead atoms. The molecule has 1 amide bonds. The summed E-state index contributed by atoms with van der Waals surface area (Å²) in [6, 6.07) is 3.26. The molecule has 7 nitrogen and oxygen atoms in total. The molecule has 0 unspecified atom stereocenters. The molecule has 0 saturated carbocycles. The highest BCUT2D eigenvalue weighted by Crippen LogP contribution is 2.07. The molecule has 0 aliphatic heterocycles. The number of rotatable bonds is 9. The molecule has 0 aliphatic rings. The van der Waals surface area contributed by atoms with Gasteiger partial charge in [0, 0.05) is 33.5 Å². The van der Waals surface area contributed by atoms with Crippen molar-refractivity contribution in [2.75, 3.05) is 40.5 Å². The zero-order valence-corrected chi connectivity index (χ0v) is 11.7. The van der Waals surface area contributed by atoms with Gasteiger partial charge in [0.25, 0.3) is 5.91 Å². The number of carboxylic acids is 1. The maximum absolute atomic E-state index is 12.4. The van der Waals surface area contributed by atoms with E-state index < -0.39 is 5.97 Å². The fraction of sp³-hybridized carbons (Fsp3) is 0.538. The van der Waals surface area contributed by atoms with Crippen LogP contribution in [0.1, 0.15) is 10.5 Å². The normalized spacial score (nSPS) is 10.5. The average molecular weight is 284 g/mol. The lowest BCUT2D eigenvalue weighted by molar-refractivity contribution is -0.137. The van der Waals surface area contributed by atoms with Crippen molar-refractivity contribution in [1.29, 1.82) is 0 Å². The molecule has 0 atom stereocenters. The molecule has 1 N–H and O–H groups in total. The Morgan fingerprint density at radius 1 is 1.25 bits per heavy atom. The maximum atomic E-state index is 12.4. The molecule has 0 radical (unpaired) electrons. The van der Waals surface area contributed by atoms with E-state index in [1.807, 2.05) is 0 Å². The summed E-state index contributed by atoms with van der Waals surface area (Å²) in [6.45, 7) is 1.44. The van der Waals surface area contributed by atoms with Gasteiger partial charge in [-0.3, -0.25) is 9.59 Å². The first-order valence-electron chi connectivity index (χ1n) is 6.24. The van der Waals surface area contributed by atoms with E-state index >= 15 is 0 Å². The largest absolute Gasteiger partial charge is 0.480 e.